The maximum atomic E-state index is 12.3. The number of hydrogen-bond acceptors (Lipinski definition) is 4. The van der Waals surface area contributed by atoms with Crippen molar-refractivity contribution in [2.24, 2.45) is 0 Å². The van der Waals surface area contributed by atoms with Crippen molar-refractivity contribution in [2.75, 3.05) is 5.75 Å². The van der Waals surface area contributed by atoms with Gasteiger partial charge in [-0.25, -0.2) is 0 Å². The predicted molar refractivity (Wildman–Crippen MR) is 107 cm³/mol. The minimum absolute atomic E-state index is 0.0560. The van der Waals surface area contributed by atoms with Crippen molar-refractivity contribution in [3.05, 3.63) is 45.5 Å². The van der Waals surface area contributed by atoms with Crippen LogP contribution in [0.3, 0.4) is 0 Å². The second kappa shape index (κ2) is 9.29. The van der Waals surface area contributed by atoms with E-state index in [1.807, 2.05) is 12.1 Å². The molecule has 1 atom stereocenters. The number of nitriles is 1. The molecule has 1 aromatic rings. The van der Waals surface area contributed by atoms with Gasteiger partial charge in [0.05, 0.1) is 22.4 Å². The lowest BCUT2D eigenvalue weighted by Crippen LogP contribution is -2.38. The molecule has 0 radical (unpaired) electrons. The van der Waals surface area contributed by atoms with E-state index in [2.05, 4.69) is 16.7 Å². The van der Waals surface area contributed by atoms with Crippen LogP contribution in [0.2, 0.25) is 5.02 Å². The van der Waals surface area contributed by atoms with Gasteiger partial charge in [-0.2, -0.15) is 5.26 Å². The number of carbonyl (C=O) groups excluding carboxylic acids is 2. The number of nitrogens with one attached hydrogen (secondary N) is 2. The highest BCUT2D eigenvalue weighted by Gasteiger charge is 2.30. The summed E-state index contributed by atoms with van der Waals surface area (Å²) in [6.07, 6.45) is 5.80. The van der Waals surface area contributed by atoms with Crippen molar-refractivity contribution in [1.82, 2.24) is 10.6 Å². The first-order valence-corrected chi connectivity index (χ1v) is 10.5. The highest BCUT2D eigenvalue weighted by Crippen LogP contribution is 2.36. The molecule has 0 bridgehead atoms. The highest BCUT2D eigenvalue weighted by molar-refractivity contribution is 8.03. The predicted octanol–water partition coefficient (Wildman–Crippen LogP) is 3.86. The molecule has 0 unspecified atom stereocenters. The van der Waals surface area contributed by atoms with Crippen molar-refractivity contribution in [3.63, 3.8) is 0 Å². The maximum Gasteiger partial charge on any atom is 0.230 e. The lowest BCUT2D eigenvalue weighted by Gasteiger charge is -2.26. The molecule has 1 aliphatic carbocycles. The van der Waals surface area contributed by atoms with Crippen LogP contribution in [0.4, 0.5) is 0 Å². The molecule has 27 heavy (non-hydrogen) atoms. The van der Waals surface area contributed by atoms with Crippen LogP contribution in [0.25, 0.3) is 0 Å². The maximum absolute atomic E-state index is 12.3. The molecule has 1 heterocycles. The molecule has 1 aliphatic heterocycles. The number of carbonyl (C=O) groups is 2. The number of allylic oxidation sites excluding steroid dienone is 1. The Labute approximate surface area is 168 Å². The summed E-state index contributed by atoms with van der Waals surface area (Å²) >= 11 is 7.16. The second-order valence-electron chi connectivity index (χ2n) is 6.90. The Balaban J connectivity index is 1.69. The summed E-state index contributed by atoms with van der Waals surface area (Å²) in [5.41, 5.74) is 1.36. The van der Waals surface area contributed by atoms with Crippen molar-refractivity contribution in [2.45, 2.75) is 50.5 Å². The molecule has 2 amide bonds. The first-order chi connectivity index (χ1) is 13.1. The average molecular weight is 404 g/mol. The summed E-state index contributed by atoms with van der Waals surface area (Å²) < 4.78 is 0. The zero-order valence-electron chi connectivity index (χ0n) is 15.0. The van der Waals surface area contributed by atoms with Gasteiger partial charge in [0, 0.05) is 23.4 Å². The van der Waals surface area contributed by atoms with Gasteiger partial charge in [-0.3, -0.25) is 9.59 Å². The fourth-order valence-electron chi connectivity index (χ4n) is 3.57. The van der Waals surface area contributed by atoms with Gasteiger partial charge in [0.25, 0.3) is 0 Å². The van der Waals surface area contributed by atoms with Gasteiger partial charge in [-0.1, -0.05) is 54.8 Å². The van der Waals surface area contributed by atoms with Gasteiger partial charge < -0.3 is 10.6 Å². The van der Waals surface area contributed by atoms with Gasteiger partial charge in [0.15, 0.2) is 0 Å². The standard InChI is InChI=1S/C20H22ClN3O2S/c21-14-8-6-13(7-9-14)16-10-18(25)24-20(17(16)11-22)27-12-19(26)23-15-4-2-1-3-5-15/h6-9,15-16H,1-5,10,12H2,(H,23,26)(H,24,25)/t16-/m1/s1. The molecule has 2 aliphatic rings. The van der Waals surface area contributed by atoms with Gasteiger partial charge in [0.2, 0.25) is 11.8 Å². The number of benzene rings is 1. The molecule has 0 aromatic heterocycles. The van der Waals surface area contributed by atoms with Crippen LogP contribution >= 0.6 is 23.4 Å². The van der Waals surface area contributed by atoms with E-state index in [4.69, 9.17) is 11.6 Å². The molecule has 0 spiro atoms. The normalized spacial score (nSPS) is 20.7. The topological polar surface area (TPSA) is 82.0 Å². The summed E-state index contributed by atoms with van der Waals surface area (Å²) in [6.45, 7) is 0. The number of nitrogens with zero attached hydrogens (tertiary/aromatic N) is 1. The number of hydrogen-bond donors (Lipinski definition) is 2. The quantitative estimate of drug-likeness (QED) is 0.782. The summed E-state index contributed by atoms with van der Waals surface area (Å²) in [6, 6.07) is 9.65. The number of amides is 2. The molecule has 7 heteroatoms. The fourth-order valence-corrected chi connectivity index (χ4v) is 4.58. The van der Waals surface area contributed by atoms with E-state index in [9.17, 15) is 14.9 Å². The van der Waals surface area contributed by atoms with Crippen LogP contribution in [-0.4, -0.2) is 23.6 Å². The highest BCUT2D eigenvalue weighted by atomic mass is 35.5. The molecule has 3 rings (SSSR count). The molecule has 2 N–H and O–H groups in total. The molecule has 1 fully saturated rings. The van der Waals surface area contributed by atoms with Gasteiger partial charge >= 0.3 is 0 Å². The monoisotopic (exact) mass is 403 g/mol. The Morgan fingerprint density at radius 1 is 1.26 bits per heavy atom. The lowest BCUT2D eigenvalue weighted by atomic mass is 9.87. The SMILES string of the molecule is N#CC1=C(SCC(=O)NC2CCCCC2)NC(=O)C[C@@H]1c1ccc(Cl)cc1. The van der Waals surface area contributed by atoms with E-state index >= 15 is 0 Å². The van der Waals surface area contributed by atoms with Gasteiger partial charge in [-0.05, 0) is 30.5 Å². The second-order valence-corrected chi connectivity index (χ2v) is 8.32. The summed E-state index contributed by atoms with van der Waals surface area (Å²) in [7, 11) is 0. The third kappa shape index (κ3) is 5.27. The van der Waals surface area contributed by atoms with E-state index in [1.165, 1.54) is 18.2 Å². The summed E-state index contributed by atoms with van der Waals surface area (Å²) in [5.74, 6) is -0.335. The Kier molecular flexibility index (Phi) is 6.81. The van der Waals surface area contributed by atoms with E-state index in [1.54, 1.807) is 12.1 Å². The molecular formula is C20H22ClN3O2S. The first-order valence-electron chi connectivity index (χ1n) is 9.18. The fraction of sp³-hybridized carbons (Fsp3) is 0.450. The minimum Gasteiger partial charge on any atom is -0.353 e. The average Bonchev–Trinajstić information content (AvgIpc) is 2.67. The largest absolute Gasteiger partial charge is 0.353 e. The van der Waals surface area contributed by atoms with E-state index < -0.39 is 0 Å². The zero-order valence-corrected chi connectivity index (χ0v) is 16.5. The van der Waals surface area contributed by atoms with Crippen LogP contribution in [-0.2, 0) is 9.59 Å². The number of halogens is 1. The van der Waals surface area contributed by atoms with Crippen LogP contribution < -0.4 is 10.6 Å². The van der Waals surface area contributed by atoms with Crippen molar-refractivity contribution < 1.29 is 9.59 Å². The first kappa shape index (κ1) is 19.8. The molecule has 142 valence electrons. The van der Waals surface area contributed by atoms with E-state index in [0.717, 1.165) is 31.2 Å². The zero-order chi connectivity index (χ0) is 19.2. The van der Waals surface area contributed by atoms with Crippen molar-refractivity contribution >= 4 is 35.2 Å². The number of thioether (sulfide) groups is 1. The third-order valence-corrected chi connectivity index (χ3v) is 6.22. The molecule has 5 nitrogen and oxygen atoms in total. The van der Waals surface area contributed by atoms with Gasteiger partial charge in [0.1, 0.15) is 0 Å². The molecule has 0 saturated heterocycles. The lowest BCUT2D eigenvalue weighted by molar-refractivity contribution is -0.121. The summed E-state index contributed by atoms with van der Waals surface area (Å²) in [4.78, 5) is 24.4. The molecular weight excluding hydrogens is 382 g/mol. The summed E-state index contributed by atoms with van der Waals surface area (Å²) in [5, 5.41) is 16.6. The Hall–Kier alpha value is -1.97. The van der Waals surface area contributed by atoms with E-state index in [0.29, 0.717) is 15.6 Å². The Bertz CT molecular complexity index is 779. The van der Waals surface area contributed by atoms with Gasteiger partial charge in [-0.15, -0.1) is 0 Å². The van der Waals surface area contributed by atoms with Crippen molar-refractivity contribution in [3.8, 4) is 6.07 Å². The number of rotatable bonds is 5. The van der Waals surface area contributed by atoms with Crippen LogP contribution in [0.1, 0.15) is 50.0 Å². The molecule has 1 saturated carbocycles. The van der Waals surface area contributed by atoms with Crippen LogP contribution in [0.5, 0.6) is 0 Å². The van der Waals surface area contributed by atoms with Crippen LogP contribution in [0.15, 0.2) is 34.9 Å². The Morgan fingerprint density at radius 3 is 2.63 bits per heavy atom. The van der Waals surface area contributed by atoms with Crippen LogP contribution in [0, 0.1) is 11.3 Å². The third-order valence-electron chi connectivity index (χ3n) is 4.95. The van der Waals surface area contributed by atoms with E-state index in [-0.39, 0.29) is 35.9 Å². The molecule has 1 aromatic carbocycles. The Morgan fingerprint density at radius 2 is 1.96 bits per heavy atom. The minimum atomic E-state index is -0.315. The van der Waals surface area contributed by atoms with Crippen molar-refractivity contribution in [1.29, 1.82) is 5.26 Å². The smallest absolute Gasteiger partial charge is 0.230 e.